The Labute approximate surface area is 226 Å². The van der Waals surface area contributed by atoms with E-state index in [-0.39, 0.29) is 29.0 Å². The van der Waals surface area contributed by atoms with Crippen LogP contribution in [0.3, 0.4) is 0 Å². The molecule has 0 saturated heterocycles. The number of carbonyl (C=O) groups excluding carboxylic acids is 1. The number of ether oxygens (including phenoxy) is 1. The van der Waals surface area contributed by atoms with Gasteiger partial charge in [0, 0.05) is 16.9 Å². The smallest absolute Gasteiger partial charge is 0.268 e. The molecule has 0 N–H and O–H groups in total. The third-order valence-electron chi connectivity index (χ3n) is 6.84. The summed E-state index contributed by atoms with van der Waals surface area (Å²) in [5.74, 6) is 0.276. The molecule has 1 aliphatic rings. The van der Waals surface area contributed by atoms with E-state index in [9.17, 15) is 14.0 Å². The van der Waals surface area contributed by atoms with Crippen molar-refractivity contribution in [1.82, 2.24) is 19.2 Å². The first-order valence-corrected chi connectivity index (χ1v) is 14.2. The number of hydrogen-bond acceptors (Lipinski definition) is 7. The predicted molar refractivity (Wildman–Crippen MR) is 147 cm³/mol. The second kappa shape index (κ2) is 9.76. The lowest BCUT2D eigenvalue weighted by molar-refractivity contribution is 0.00200. The summed E-state index contributed by atoms with van der Waals surface area (Å²) in [4.78, 5) is 28.7. The Bertz CT molecular complexity index is 1750. The summed E-state index contributed by atoms with van der Waals surface area (Å²) in [6.45, 7) is 6.68. The van der Waals surface area contributed by atoms with Crippen LogP contribution in [-0.2, 0) is 17.8 Å². The van der Waals surface area contributed by atoms with E-state index in [0.29, 0.717) is 46.5 Å². The van der Waals surface area contributed by atoms with Gasteiger partial charge in [-0.15, -0.1) is 21.5 Å². The number of thiophene rings is 1. The Kier molecular flexibility index (Phi) is 6.41. The SMILES string of the molecule is Cc1cccc(-n2c(=O)c3c4c(sc3n3c(SCC(=O)c5ccc(F)cc5)nnc23)CO[C@H](C(C)C)C4)c1. The number of thioether (sulfide) groups is 1. The number of halogens is 1. The molecule has 0 bridgehead atoms. The standard InChI is InChI=1S/C28H25FN4O3S2/c1-15(2)22-12-20-23(13-36-22)38-26-24(20)25(35)32(19-6-4-5-16(3)11-19)27-30-31-28(33(26)27)37-14-21(34)17-7-9-18(29)10-8-17/h4-11,15,22H,12-14H2,1-3H3/t22-/m0/s1. The summed E-state index contributed by atoms with van der Waals surface area (Å²) in [6.07, 6.45) is 0.695. The summed E-state index contributed by atoms with van der Waals surface area (Å²) in [5, 5.41) is 9.99. The maximum Gasteiger partial charge on any atom is 0.268 e. The topological polar surface area (TPSA) is 78.5 Å². The van der Waals surface area contributed by atoms with Crippen LogP contribution >= 0.6 is 23.1 Å². The number of aromatic nitrogens is 4. The summed E-state index contributed by atoms with van der Waals surface area (Å²) < 4.78 is 22.9. The van der Waals surface area contributed by atoms with E-state index >= 15 is 0 Å². The molecule has 7 nitrogen and oxygen atoms in total. The number of Topliss-reactive ketones (excluding diaryl/α,β-unsaturated/α-hetero) is 1. The van der Waals surface area contributed by atoms with Gasteiger partial charge in [0.25, 0.3) is 5.56 Å². The van der Waals surface area contributed by atoms with Gasteiger partial charge in [-0.3, -0.25) is 9.59 Å². The molecule has 0 fully saturated rings. The van der Waals surface area contributed by atoms with Gasteiger partial charge in [-0.1, -0.05) is 37.7 Å². The Morgan fingerprint density at radius 2 is 2.00 bits per heavy atom. The van der Waals surface area contributed by atoms with Gasteiger partial charge in [-0.05, 0) is 60.4 Å². The molecule has 0 aliphatic carbocycles. The van der Waals surface area contributed by atoms with Crippen LogP contribution in [0.25, 0.3) is 21.7 Å². The average Bonchev–Trinajstić information content (AvgIpc) is 3.49. The number of nitrogens with zero attached hydrogens (tertiary/aromatic N) is 4. The van der Waals surface area contributed by atoms with Gasteiger partial charge < -0.3 is 4.74 Å². The molecule has 38 heavy (non-hydrogen) atoms. The fraction of sp³-hybridized carbons (Fsp3) is 0.286. The molecule has 6 rings (SSSR count). The molecule has 10 heteroatoms. The number of aryl methyl sites for hydroxylation is 1. The maximum absolute atomic E-state index is 14.1. The monoisotopic (exact) mass is 548 g/mol. The quantitative estimate of drug-likeness (QED) is 0.203. The molecule has 2 aromatic carbocycles. The highest BCUT2D eigenvalue weighted by molar-refractivity contribution is 7.99. The minimum absolute atomic E-state index is 0.0332. The molecule has 0 saturated carbocycles. The first kappa shape index (κ1) is 25.0. The van der Waals surface area contributed by atoms with E-state index in [0.717, 1.165) is 20.8 Å². The zero-order valence-corrected chi connectivity index (χ0v) is 22.7. The third-order valence-corrected chi connectivity index (χ3v) is 8.96. The van der Waals surface area contributed by atoms with Crippen molar-refractivity contribution < 1.29 is 13.9 Å². The van der Waals surface area contributed by atoms with Gasteiger partial charge in [0.05, 0.1) is 29.5 Å². The van der Waals surface area contributed by atoms with Crippen molar-refractivity contribution in [3.05, 3.63) is 86.3 Å². The van der Waals surface area contributed by atoms with Gasteiger partial charge in [-0.2, -0.15) is 0 Å². The summed E-state index contributed by atoms with van der Waals surface area (Å²) in [7, 11) is 0. The highest BCUT2D eigenvalue weighted by Crippen LogP contribution is 2.37. The number of carbonyl (C=O) groups is 1. The summed E-state index contributed by atoms with van der Waals surface area (Å²) >= 11 is 2.77. The Balaban J connectivity index is 1.52. The molecule has 0 unspecified atom stereocenters. The molecule has 1 atom stereocenters. The number of benzene rings is 2. The number of ketones is 1. The van der Waals surface area contributed by atoms with Crippen molar-refractivity contribution in [3.63, 3.8) is 0 Å². The minimum Gasteiger partial charge on any atom is -0.372 e. The predicted octanol–water partition coefficient (Wildman–Crippen LogP) is 5.61. The average molecular weight is 549 g/mol. The lowest BCUT2D eigenvalue weighted by Gasteiger charge is -2.26. The summed E-state index contributed by atoms with van der Waals surface area (Å²) in [6, 6.07) is 13.2. The lowest BCUT2D eigenvalue weighted by atomic mass is 9.96. The van der Waals surface area contributed by atoms with E-state index in [4.69, 9.17) is 4.74 Å². The maximum atomic E-state index is 14.1. The summed E-state index contributed by atoms with van der Waals surface area (Å²) in [5.41, 5.74) is 3.05. The molecule has 0 amide bonds. The molecule has 194 valence electrons. The van der Waals surface area contributed by atoms with Crippen LogP contribution in [0.4, 0.5) is 4.39 Å². The van der Waals surface area contributed by atoms with Crippen LogP contribution in [0.5, 0.6) is 0 Å². The normalized spacial score (nSPS) is 15.4. The zero-order valence-electron chi connectivity index (χ0n) is 21.1. The molecular formula is C28H25FN4O3S2. The second-order valence-corrected chi connectivity index (χ2v) is 11.8. The lowest BCUT2D eigenvalue weighted by Crippen LogP contribution is -2.28. The van der Waals surface area contributed by atoms with Gasteiger partial charge in [0.2, 0.25) is 5.78 Å². The molecule has 1 aliphatic heterocycles. The van der Waals surface area contributed by atoms with Crippen molar-refractivity contribution in [2.45, 2.75) is 45.1 Å². The fourth-order valence-corrected chi connectivity index (χ4v) is 6.94. The number of fused-ring (bicyclic) bond motifs is 5. The van der Waals surface area contributed by atoms with E-state index in [1.165, 1.54) is 47.4 Å². The molecule has 5 aromatic rings. The first-order chi connectivity index (χ1) is 18.3. The van der Waals surface area contributed by atoms with E-state index in [2.05, 4.69) is 24.0 Å². The number of rotatable bonds is 6. The fourth-order valence-electron chi connectivity index (χ4n) is 4.81. The van der Waals surface area contributed by atoms with E-state index < -0.39 is 0 Å². The van der Waals surface area contributed by atoms with Crippen LogP contribution in [0.2, 0.25) is 0 Å². The zero-order chi connectivity index (χ0) is 26.6. The molecule has 0 radical (unpaired) electrons. The second-order valence-electron chi connectivity index (χ2n) is 9.80. The molecule has 4 heterocycles. The van der Waals surface area contributed by atoms with Crippen LogP contribution in [0.1, 0.15) is 40.2 Å². The van der Waals surface area contributed by atoms with Crippen LogP contribution in [0.15, 0.2) is 58.5 Å². The van der Waals surface area contributed by atoms with Crippen LogP contribution in [0, 0.1) is 18.7 Å². The Morgan fingerprint density at radius 1 is 1.21 bits per heavy atom. The van der Waals surface area contributed by atoms with Crippen molar-refractivity contribution in [3.8, 4) is 5.69 Å². The van der Waals surface area contributed by atoms with Gasteiger partial charge in [-0.25, -0.2) is 13.4 Å². The molecule has 3 aromatic heterocycles. The highest BCUT2D eigenvalue weighted by Gasteiger charge is 2.30. The van der Waals surface area contributed by atoms with Crippen molar-refractivity contribution in [2.75, 3.05) is 5.75 Å². The largest absolute Gasteiger partial charge is 0.372 e. The van der Waals surface area contributed by atoms with E-state index in [1.807, 2.05) is 35.6 Å². The highest BCUT2D eigenvalue weighted by atomic mass is 32.2. The van der Waals surface area contributed by atoms with Gasteiger partial charge >= 0.3 is 0 Å². The third kappa shape index (κ3) is 4.26. The molecule has 0 spiro atoms. The van der Waals surface area contributed by atoms with Crippen LogP contribution in [-0.4, -0.2) is 36.8 Å². The van der Waals surface area contributed by atoms with Crippen molar-refractivity contribution >= 4 is 44.9 Å². The van der Waals surface area contributed by atoms with Crippen molar-refractivity contribution in [1.29, 1.82) is 0 Å². The van der Waals surface area contributed by atoms with Crippen LogP contribution < -0.4 is 5.56 Å². The number of hydrogen-bond donors (Lipinski definition) is 0. The van der Waals surface area contributed by atoms with Gasteiger partial charge in [0.15, 0.2) is 10.9 Å². The Morgan fingerprint density at radius 3 is 2.74 bits per heavy atom. The minimum atomic E-state index is -0.389. The first-order valence-electron chi connectivity index (χ1n) is 12.4. The molecular weight excluding hydrogens is 523 g/mol. The van der Waals surface area contributed by atoms with E-state index in [1.54, 1.807) is 4.57 Å². The van der Waals surface area contributed by atoms with Gasteiger partial charge in [0.1, 0.15) is 10.6 Å². The van der Waals surface area contributed by atoms with Crippen molar-refractivity contribution in [2.24, 2.45) is 5.92 Å². The Hall–Kier alpha value is -3.34.